The van der Waals surface area contributed by atoms with Crippen molar-refractivity contribution in [3.8, 4) is 0 Å². The largest absolute Gasteiger partial charge is 0.463 e. The van der Waals surface area contributed by atoms with E-state index >= 15 is 0 Å². The van der Waals surface area contributed by atoms with E-state index in [1.165, 1.54) is 7.11 Å². The molecule has 0 fully saturated rings. The zero-order chi connectivity index (χ0) is 9.14. The van der Waals surface area contributed by atoms with Crippen LogP contribution in [0.2, 0.25) is 0 Å². The molecule has 66 valence electrons. The molecule has 0 atom stereocenters. The number of esters is 1. The molecular formula is C7H6Br2O3. The second kappa shape index (κ2) is 4.09. The lowest BCUT2D eigenvalue weighted by Crippen LogP contribution is -2.01. The van der Waals surface area contributed by atoms with Crippen molar-refractivity contribution in [3.05, 3.63) is 22.1 Å². The molecule has 1 rings (SSSR count). The van der Waals surface area contributed by atoms with Gasteiger partial charge in [-0.1, -0.05) is 15.9 Å². The van der Waals surface area contributed by atoms with Crippen LogP contribution < -0.4 is 0 Å². The van der Waals surface area contributed by atoms with Crippen LogP contribution in [0.4, 0.5) is 0 Å². The third kappa shape index (κ3) is 1.90. The van der Waals surface area contributed by atoms with Crippen molar-refractivity contribution in [2.24, 2.45) is 0 Å². The van der Waals surface area contributed by atoms with Crippen molar-refractivity contribution in [2.45, 2.75) is 5.33 Å². The maximum atomic E-state index is 11.0. The van der Waals surface area contributed by atoms with Gasteiger partial charge in [0.15, 0.2) is 4.67 Å². The lowest BCUT2D eigenvalue weighted by atomic mass is 10.3. The molecule has 0 spiro atoms. The van der Waals surface area contributed by atoms with Gasteiger partial charge in [0.25, 0.3) is 0 Å². The molecule has 0 aliphatic carbocycles. The van der Waals surface area contributed by atoms with Crippen LogP contribution in [-0.2, 0) is 10.1 Å². The van der Waals surface area contributed by atoms with Crippen LogP contribution in [0, 0.1) is 0 Å². The number of ether oxygens (including phenoxy) is 1. The van der Waals surface area contributed by atoms with Gasteiger partial charge in [0.05, 0.1) is 7.11 Å². The molecule has 12 heavy (non-hydrogen) atoms. The Morgan fingerprint density at radius 3 is 2.92 bits per heavy atom. The highest BCUT2D eigenvalue weighted by molar-refractivity contribution is 9.10. The summed E-state index contributed by atoms with van der Waals surface area (Å²) in [7, 11) is 1.32. The Bertz CT molecular complexity index is 293. The van der Waals surface area contributed by atoms with E-state index in [0.29, 0.717) is 10.00 Å². The molecular weight excluding hydrogens is 292 g/mol. The maximum Gasteiger partial charge on any atom is 0.374 e. The third-order valence-electron chi connectivity index (χ3n) is 1.29. The minimum Gasteiger partial charge on any atom is -0.463 e. The van der Waals surface area contributed by atoms with E-state index in [9.17, 15) is 4.79 Å². The van der Waals surface area contributed by atoms with E-state index in [1.54, 1.807) is 6.07 Å². The van der Waals surface area contributed by atoms with Crippen LogP contribution in [0.25, 0.3) is 0 Å². The van der Waals surface area contributed by atoms with Gasteiger partial charge in [0, 0.05) is 10.9 Å². The normalized spacial score (nSPS) is 9.92. The summed E-state index contributed by atoms with van der Waals surface area (Å²) < 4.78 is 10.1. The molecule has 0 saturated carbocycles. The monoisotopic (exact) mass is 296 g/mol. The zero-order valence-corrected chi connectivity index (χ0v) is 9.44. The Labute approximate surface area is 86.3 Å². The Morgan fingerprint density at radius 1 is 1.75 bits per heavy atom. The molecule has 0 saturated heterocycles. The summed E-state index contributed by atoms with van der Waals surface area (Å²) >= 11 is 6.36. The highest BCUT2D eigenvalue weighted by Gasteiger charge is 2.16. The predicted molar refractivity (Wildman–Crippen MR) is 50.4 cm³/mol. The average molecular weight is 298 g/mol. The summed E-state index contributed by atoms with van der Waals surface area (Å²) in [5.41, 5.74) is 0.772. The highest BCUT2D eigenvalue weighted by atomic mass is 79.9. The number of alkyl halides is 1. The van der Waals surface area contributed by atoms with E-state index in [4.69, 9.17) is 4.42 Å². The molecule has 1 aromatic rings. The molecule has 0 unspecified atom stereocenters. The third-order valence-corrected chi connectivity index (χ3v) is 2.29. The van der Waals surface area contributed by atoms with Gasteiger partial charge in [-0.25, -0.2) is 4.79 Å². The first-order chi connectivity index (χ1) is 5.69. The standard InChI is InChI=1S/C7H6Br2O3/c1-11-7(10)6-4(3-8)2-5(9)12-6/h2H,3H2,1H3. The fraction of sp³-hybridized carbons (Fsp3) is 0.286. The SMILES string of the molecule is COC(=O)c1oc(Br)cc1CBr. The Kier molecular flexibility index (Phi) is 3.34. The molecule has 0 radical (unpaired) electrons. The van der Waals surface area contributed by atoms with E-state index in [2.05, 4.69) is 36.6 Å². The molecule has 0 amide bonds. The van der Waals surface area contributed by atoms with Crippen LogP contribution in [0.5, 0.6) is 0 Å². The number of rotatable bonds is 2. The number of hydrogen-bond donors (Lipinski definition) is 0. The van der Waals surface area contributed by atoms with Gasteiger partial charge < -0.3 is 9.15 Å². The summed E-state index contributed by atoms with van der Waals surface area (Å²) in [6, 6.07) is 1.72. The van der Waals surface area contributed by atoms with Gasteiger partial charge in [0.2, 0.25) is 5.76 Å². The molecule has 0 aliphatic rings. The van der Waals surface area contributed by atoms with Crippen LogP contribution in [-0.4, -0.2) is 13.1 Å². The molecule has 0 aromatic carbocycles. The van der Waals surface area contributed by atoms with Crippen molar-refractivity contribution in [2.75, 3.05) is 7.11 Å². The number of methoxy groups -OCH3 is 1. The molecule has 0 N–H and O–H groups in total. The Balaban J connectivity index is 3.04. The van der Waals surface area contributed by atoms with E-state index in [1.807, 2.05) is 0 Å². The van der Waals surface area contributed by atoms with Crippen molar-refractivity contribution < 1.29 is 13.9 Å². The first kappa shape index (κ1) is 9.80. The topological polar surface area (TPSA) is 39.4 Å². The van der Waals surface area contributed by atoms with Crippen LogP contribution in [0.3, 0.4) is 0 Å². The van der Waals surface area contributed by atoms with Gasteiger partial charge in [0.1, 0.15) is 0 Å². The van der Waals surface area contributed by atoms with Gasteiger partial charge in [-0.3, -0.25) is 0 Å². The van der Waals surface area contributed by atoms with E-state index in [-0.39, 0.29) is 5.76 Å². The van der Waals surface area contributed by atoms with Crippen molar-refractivity contribution in [3.63, 3.8) is 0 Å². The summed E-state index contributed by atoms with van der Waals surface area (Å²) in [6.07, 6.45) is 0. The average Bonchev–Trinajstić information content (AvgIpc) is 2.45. The van der Waals surface area contributed by atoms with Gasteiger partial charge in [-0.05, 0) is 22.0 Å². The number of furan rings is 1. The van der Waals surface area contributed by atoms with Crippen LogP contribution in [0.1, 0.15) is 16.1 Å². The van der Waals surface area contributed by atoms with E-state index in [0.717, 1.165) is 5.56 Å². The van der Waals surface area contributed by atoms with Gasteiger partial charge >= 0.3 is 5.97 Å². The summed E-state index contributed by atoms with van der Waals surface area (Å²) in [4.78, 5) is 11.0. The second-order valence-electron chi connectivity index (χ2n) is 2.03. The molecule has 1 aromatic heterocycles. The smallest absolute Gasteiger partial charge is 0.374 e. The first-order valence-corrected chi connectivity index (χ1v) is 5.03. The second-order valence-corrected chi connectivity index (χ2v) is 3.37. The molecule has 5 heteroatoms. The van der Waals surface area contributed by atoms with Crippen LogP contribution >= 0.6 is 31.9 Å². The van der Waals surface area contributed by atoms with Crippen molar-refractivity contribution in [1.82, 2.24) is 0 Å². The Morgan fingerprint density at radius 2 is 2.42 bits per heavy atom. The lowest BCUT2D eigenvalue weighted by molar-refractivity contribution is 0.0562. The first-order valence-electron chi connectivity index (χ1n) is 3.11. The summed E-state index contributed by atoms with van der Waals surface area (Å²) in [6.45, 7) is 0. The molecule has 3 nitrogen and oxygen atoms in total. The predicted octanol–water partition coefficient (Wildman–Crippen LogP) is 2.72. The fourth-order valence-electron chi connectivity index (χ4n) is 0.760. The van der Waals surface area contributed by atoms with Crippen molar-refractivity contribution in [1.29, 1.82) is 0 Å². The quantitative estimate of drug-likeness (QED) is 0.622. The molecule has 0 bridgehead atoms. The minimum absolute atomic E-state index is 0.237. The van der Waals surface area contributed by atoms with Gasteiger partial charge in [-0.2, -0.15) is 0 Å². The van der Waals surface area contributed by atoms with E-state index < -0.39 is 5.97 Å². The lowest BCUT2D eigenvalue weighted by Gasteiger charge is -1.95. The number of carbonyl (C=O) groups excluding carboxylic acids is 1. The molecule has 1 heterocycles. The minimum atomic E-state index is -0.463. The summed E-state index contributed by atoms with van der Waals surface area (Å²) in [5.74, 6) is -0.226. The number of halogens is 2. The maximum absolute atomic E-state index is 11.0. The molecule has 0 aliphatic heterocycles. The van der Waals surface area contributed by atoms with Crippen LogP contribution in [0.15, 0.2) is 15.2 Å². The highest BCUT2D eigenvalue weighted by Crippen LogP contribution is 2.22. The van der Waals surface area contributed by atoms with Crippen molar-refractivity contribution >= 4 is 37.8 Å². The number of hydrogen-bond acceptors (Lipinski definition) is 3. The fourth-order valence-corrected chi connectivity index (χ4v) is 1.61. The zero-order valence-electron chi connectivity index (χ0n) is 6.27. The summed E-state index contributed by atoms with van der Waals surface area (Å²) in [5, 5.41) is 0.562. The number of carbonyl (C=O) groups is 1. The Hall–Kier alpha value is -0.290. The van der Waals surface area contributed by atoms with Gasteiger partial charge in [-0.15, -0.1) is 0 Å².